The van der Waals surface area contributed by atoms with Gasteiger partial charge in [0.2, 0.25) is 6.29 Å². The number of ether oxygens (including phenoxy) is 7. The van der Waals surface area contributed by atoms with Crippen LogP contribution in [-0.2, 0) is 58.9 Å². The van der Waals surface area contributed by atoms with Crippen molar-refractivity contribution in [2.75, 3.05) is 31.8 Å². The molecule has 0 amide bonds. The molecule has 67 heavy (non-hydrogen) atoms. The summed E-state index contributed by atoms with van der Waals surface area (Å²) in [5.74, 6) is -9.09. The van der Waals surface area contributed by atoms with Gasteiger partial charge < -0.3 is 89.1 Å². The number of esters is 2. The number of benzene rings is 2. The molecule has 10 atom stereocenters. The van der Waals surface area contributed by atoms with Crippen molar-refractivity contribution in [3.05, 3.63) is 71.5 Å². The van der Waals surface area contributed by atoms with Gasteiger partial charge in [-0.2, -0.15) is 0 Å². The number of phenolic OH excluding ortho intramolecular Hbond substituents is 2. The zero-order chi connectivity index (χ0) is 48.9. The Morgan fingerprint density at radius 1 is 0.896 bits per heavy atom. The molecule has 0 aromatic heterocycles. The normalized spacial score (nSPS) is 28.1. The van der Waals surface area contributed by atoms with Gasteiger partial charge in [-0.3, -0.25) is 14.6 Å². The number of allylic oxidation sites excluding steroid dienone is 1. The maximum absolute atomic E-state index is 12.5. The van der Waals surface area contributed by atoms with Gasteiger partial charge in [0.15, 0.2) is 47.0 Å². The van der Waals surface area contributed by atoms with E-state index in [9.17, 15) is 74.7 Å². The number of aromatic hydroxyl groups is 2. The highest BCUT2D eigenvalue weighted by Crippen LogP contribution is 2.43. The average Bonchev–Trinajstić information content (AvgIpc) is 3.78. The number of carbonyl (C=O) groups is 6. The van der Waals surface area contributed by atoms with Gasteiger partial charge in [0, 0.05) is 36.9 Å². The quantitative estimate of drug-likeness (QED) is 0.0470. The van der Waals surface area contributed by atoms with Crippen LogP contribution >= 0.6 is 0 Å². The van der Waals surface area contributed by atoms with Crippen LogP contribution in [0, 0.1) is 0 Å². The van der Waals surface area contributed by atoms with Gasteiger partial charge in [-0.25, -0.2) is 19.2 Å². The van der Waals surface area contributed by atoms with Crippen LogP contribution < -0.4 is 14.4 Å². The minimum absolute atomic E-state index is 0.112. The fraction of sp³-hybridized carbons (Fsp3) is 0.405. The van der Waals surface area contributed by atoms with Crippen LogP contribution in [0.2, 0.25) is 0 Å². The van der Waals surface area contributed by atoms with Crippen molar-refractivity contribution in [2.24, 2.45) is 4.99 Å². The number of aliphatic hydroxyl groups excluding tert-OH is 3. The molecule has 2 saturated heterocycles. The molecule has 0 unspecified atom stereocenters. The summed E-state index contributed by atoms with van der Waals surface area (Å²) in [4.78, 5) is 76.2. The summed E-state index contributed by atoms with van der Waals surface area (Å²) in [6.45, 7) is -2.41. The molecular formula is C42H44N2O23. The Hall–Kier alpha value is -7.13. The van der Waals surface area contributed by atoms with E-state index in [2.05, 4.69) is 4.99 Å². The first-order valence-corrected chi connectivity index (χ1v) is 19.9. The van der Waals surface area contributed by atoms with Gasteiger partial charge in [-0.05, 0) is 53.1 Å². The van der Waals surface area contributed by atoms with Crippen LogP contribution in [0.15, 0.2) is 65.3 Å². The number of methoxy groups -OCH3 is 1. The van der Waals surface area contributed by atoms with Crippen molar-refractivity contribution >= 4 is 53.3 Å². The van der Waals surface area contributed by atoms with Gasteiger partial charge in [0.25, 0.3) is 0 Å². The highest BCUT2D eigenvalue weighted by atomic mass is 16.8. The third-order valence-corrected chi connectivity index (χ3v) is 10.7. The van der Waals surface area contributed by atoms with Gasteiger partial charge >= 0.3 is 35.8 Å². The van der Waals surface area contributed by atoms with Crippen LogP contribution in [0.1, 0.15) is 24.0 Å². The molecule has 0 radical (unpaired) electrons. The van der Waals surface area contributed by atoms with Gasteiger partial charge in [-0.1, -0.05) is 6.07 Å². The molecule has 0 spiro atoms. The second kappa shape index (κ2) is 20.6. The maximum Gasteiger partial charge on any atom is 0.354 e. The standard InChI is InChI=1S/C42H44N2O23/c1-61-27-10-18(2-4-25(27)45)3-5-31(49)63-16-42(60)17-64-41(36(42)53)67-35-34(52)33(51)29(15-62-32(50)14-30(47)48)66-40(35)65-28-12-20-11-24(39(58)59)44(23(20)13-26(28)46)7-6-19-8-21(37(54)55)43-22(9-19)38(56)57/h2-8,10,12-13,22,24,29,33-36,40-41,45-46,51-53,60H,9,11,14-17H2,1H3,(H,47,48)(H,54,55)(H,56,57)(H,58,59)/b5-3+,7-6+/t22-,24-,29+,33+,34-,35+,36-,40+,41-,42+/m0/s1. The fourth-order valence-electron chi connectivity index (χ4n) is 7.24. The summed E-state index contributed by atoms with van der Waals surface area (Å²) in [7, 11) is 1.33. The second-order valence-corrected chi connectivity index (χ2v) is 15.4. The van der Waals surface area contributed by atoms with Crippen LogP contribution in [-0.4, -0.2) is 180 Å². The summed E-state index contributed by atoms with van der Waals surface area (Å²) >= 11 is 0. The van der Waals surface area contributed by atoms with E-state index in [1.165, 1.54) is 54.6 Å². The van der Waals surface area contributed by atoms with Crippen molar-refractivity contribution in [3.8, 4) is 23.0 Å². The molecule has 2 fully saturated rings. The van der Waals surface area contributed by atoms with E-state index >= 15 is 0 Å². The Balaban J connectivity index is 1.21. The van der Waals surface area contributed by atoms with Crippen LogP contribution in [0.25, 0.3) is 6.08 Å². The van der Waals surface area contributed by atoms with E-state index in [0.29, 0.717) is 5.56 Å². The third kappa shape index (κ3) is 11.5. The highest BCUT2D eigenvalue weighted by molar-refractivity contribution is 6.41. The summed E-state index contributed by atoms with van der Waals surface area (Å²) in [6, 6.07) is 3.77. The molecular weight excluding hydrogens is 900 g/mol. The van der Waals surface area contributed by atoms with E-state index in [1.54, 1.807) is 0 Å². The van der Waals surface area contributed by atoms with Gasteiger partial charge in [0.1, 0.15) is 55.8 Å². The molecule has 4 aliphatic rings. The number of carboxylic acids is 4. The van der Waals surface area contributed by atoms with Crippen LogP contribution in [0.3, 0.4) is 0 Å². The average molecular weight is 945 g/mol. The van der Waals surface area contributed by atoms with E-state index in [1.807, 2.05) is 0 Å². The van der Waals surface area contributed by atoms with Crippen molar-refractivity contribution in [2.45, 2.75) is 80.0 Å². The Labute approximate surface area is 377 Å². The smallest absolute Gasteiger partial charge is 0.354 e. The maximum atomic E-state index is 12.5. The fourth-order valence-corrected chi connectivity index (χ4v) is 7.24. The summed E-state index contributed by atoms with van der Waals surface area (Å²) in [6.07, 6.45) is -8.95. The lowest BCUT2D eigenvalue weighted by atomic mass is 9.98. The third-order valence-electron chi connectivity index (χ3n) is 10.7. The number of anilines is 1. The number of rotatable bonds is 18. The van der Waals surface area contributed by atoms with Crippen LogP contribution in [0.4, 0.5) is 5.69 Å². The predicted molar refractivity (Wildman–Crippen MR) is 219 cm³/mol. The number of nitrogens with zero attached hydrogens (tertiary/aromatic N) is 2. The monoisotopic (exact) mass is 944 g/mol. The first-order chi connectivity index (χ1) is 31.7. The number of carboxylic acid groups (broad SMARTS) is 4. The van der Waals surface area contributed by atoms with Gasteiger partial charge in [-0.15, -0.1) is 0 Å². The van der Waals surface area contributed by atoms with E-state index in [4.69, 9.17) is 38.3 Å². The first kappa shape index (κ1) is 49.3. The van der Waals surface area contributed by atoms with Crippen molar-refractivity contribution < 1.29 is 113 Å². The lowest BCUT2D eigenvalue weighted by molar-refractivity contribution is -0.319. The van der Waals surface area contributed by atoms with E-state index in [0.717, 1.165) is 18.2 Å². The Morgan fingerprint density at radius 2 is 1.64 bits per heavy atom. The number of aliphatic imine (C=N–C) groups is 1. The topological polar surface area (TPSA) is 385 Å². The summed E-state index contributed by atoms with van der Waals surface area (Å²) in [5.41, 5.74) is -1.89. The molecule has 360 valence electrons. The molecule has 4 aliphatic heterocycles. The second-order valence-electron chi connectivity index (χ2n) is 15.4. The van der Waals surface area contributed by atoms with E-state index in [-0.39, 0.29) is 41.2 Å². The number of fused-ring (bicyclic) bond motifs is 1. The largest absolute Gasteiger partial charge is 0.504 e. The number of hydrogen-bond donors (Lipinski definition) is 10. The molecule has 4 heterocycles. The van der Waals surface area contributed by atoms with Crippen molar-refractivity contribution in [1.82, 2.24) is 0 Å². The van der Waals surface area contributed by atoms with E-state index < -0.39 is 140 Å². The zero-order valence-electron chi connectivity index (χ0n) is 34.9. The van der Waals surface area contributed by atoms with Crippen molar-refractivity contribution in [1.29, 1.82) is 0 Å². The Morgan fingerprint density at radius 3 is 2.31 bits per heavy atom. The number of phenols is 2. The SMILES string of the molecule is COc1cc(/C=C/C(=O)OC[C@@]2(O)CO[C@@H](O[C@H]3[C@H](Oc4cc5c(cc4O)N(/C=C/C4=CC(C(=O)O)=N[C@H](C(=O)O)C4)[C@H](C(=O)O)C5)O[C@H](COC(=O)CC(=O)O)[C@@H](O)[C@@H]3O)[C@@H]2O)ccc1O. The minimum atomic E-state index is -2.32. The lowest BCUT2D eigenvalue weighted by Gasteiger charge is -2.43. The molecule has 10 N–H and O–H groups in total. The lowest BCUT2D eigenvalue weighted by Crippen LogP contribution is -2.62. The molecule has 25 nitrogen and oxygen atoms in total. The van der Waals surface area contributed by atoms with Crippen LogP contribution in [0.5, 0.6) is 23.0 Å². The molecule has 2 aromatic rings. The zero-order valence-corrected chi connectivity index (χ0v) is 34.9. The molecule has 6 rings (SSSR count). The molecule has 0 aliphatic carbocycles. The first-order valence-electron chi connectivity index (χ1n) is 19.9. The number of aliphatic carboxylic acids is 4. The number of dihydropyridines is 1. The molecule has 0 saturated carbocycles. The Bertz CT molecular complexity index is 2400. The molecule has 0 bridgehead atoms. The minimum Gasteiger partial charge on any atom is -0.504 e. The predicted octanol–water partition coefficient (Wildman–Crippen LogP) is -1.32. The number of hydrogen-bond acceptors (Lipinski definition) is 21. The highest BCUT2D eigenvalue weighted by Gasteiger charge is 2.54. The number of aliphatic hydroxyl groups is 4. The molecule has 2 aromatic carbocycles. The number of carbonyl (C=O) groups excluding carboxylic acids is 2. The summed E-state index contributed by atoms with van der Waals surface area (Å²) in [5, 5.41) is 104. The molecule has 25 heteroatoms. The Kier molecular flexibility index (Phi) is 15.1. The van der Waals surface area contributed by atoms with Crippen molar-refractivity contribution in [3.63, 3.8) is 0 Å². The van der Waals surface area contributed by atoms with Gasteiger partial charge in [0.05, 0.1) is 13.7 Å². The summed E-state index contributed by atoms with van der Waals surface area (Å²) < 4.78 is 38.1.